The molecule has 1 aromatic heterocycles. The number of hydrogen-bond donors (Lipinski definition) is 0. The zero-order valence-corrected chi connectivity index (χ0v) is 15.3. The number of para-hydroxylation sites is 1. The maximum atomic E-state index is 12.5. The van der Waals surface area contributed by atoms with Crippen LogP contribution in [0.5, 0.6) is 0 Å². The molecule has 0 N–H and O–H groups in total. The van der Waals surface area contributed by atoms with Gasteiger partial charge in [-0.25, -0.2) is 4.98 Å². The molecule has 2 heterocycles. The molecule has 1 saturated heterocycles. The van der Waals surface area contributed by atoms with Gasteiger partial charge in [0, 0.05) is 29.6 Å². The van der Waals surface area contributed by atoms with Gasteiger partial charge in [0.25, 0.3) is 0 Å². The highest BCUT2D eigenvalue weighted by Crippen LogP contribution is 2.26. The highest BCUT2D eigenvalue weighted by atomic mass is 16.5. The zero-order valence-electron chi connectivity index (χ0n) is 15.3. The Bertz CT molecular complexity index is 1080. The minimum Gasteiger partial charge on any atom is -0.378 e. The number of morpholine rings is 1. The van der Waals surface area contributed by atoms with E-state index in [-0.39, 0.29) is 5.78 Å². The van der Waals surface area contributed by atoms with Gasteiger partial charge in [-0.15, -0.1) is 0 Å². The van der Waals surface area contributed by atoms with Crippen molar-refractivity contribution in [2.75, 3.05) is 31.2 Å². The van der Waals surface area contributed by atoms with Gasteiger partial charge < -0.3 is 9.64 Å². The Morgan fingerprint density at radius 2 is 1.86 bits per heavy atom. The third kappa shape index (κ3) is 3.78. The molecule has 0 radical (unpaired) electrons. The van der Waals surface area contributed by atoms with Crippen LogP contribution in [0.2, 0.25) is 0 Å². The maximum absolute atomic E-state index is 12.5. The molecule has 28 heavy (non-hydrogen) atoms. The molecule has 0 amide bonds. The molecule has 5 heteroatoms. The van der Waals surface area contributed by atoms with Crippen molar-refractivity contribution in [3.05, 3.63) is 77.4 Å². The minimum atomic E-state index is -0.106. The summed E-state index contributed by atoms with van der Waals surface area (Å²) in [5.41, 5.74) is 2.92. The summed E-state index contributed by atoms with van der Waals surface area (Å²) in [4.78, 5) is 19.6. The molecule has 4 rings (SSSR count). The van der Waals surface area contributed by atoms with Gasteiger partial charge >= 0.3 is 0 Å². The van der Waals surface area contributed by atoms with E-state index in [1.807, 2.05) is 30.3 Å². The first-order valence-electron chi connectivity index (χ1n) is 9.20. The van der Waals surface area contributed by atoms with Gasteiger partial charge in [-0.2, -0.15) is 5.26 Å². The molecular formula is C23H19N3O2. The number of benzene rings is 2. The van der Waals surface area contributed by atoms with E-state index in [9.17, 15) is 4.79 Å². The lowest BCUT2D eigenvalue weighted by atomic mass is 10.1. The monoisotopic (exact) mass is 369 g/mol. The Labute approximate surface area is 163 Å². The van der Waals surface area contributed by atoms with E-state index < -0.39 is 0 Å². The predicted octanol–water partition coefficient (Wildman–Crippen LogP) is 3.84. The molecule has 0 aliphatic carbocycles. The number of pyridine rings is 1. The van der Waals surface area contributed by atoms with Crippen LogP contribution >= 0.6 is 0 Å². The van der Waals surface area contributed by atoms with Crippen LogP contribution in [0.25, 0.3) is 17.0 Å². The number of carbonyl (C=O) groups is 1. The molecular weight excluding hydrogens is 350 g/mol. The number of rotatable bonds is 4. The van der Waals surface area contributed by atoms with Crippen LogP contribution in [0.3, 0.4) is 0 Å². The number of ether oxygens (including phenoxy) is 1. The van der Waals surface area contributed by atoms with E-state index in [0.29, 0.717) is 24.3 Å². The topological polar surface area (TPSA) is 66.2 Å². The first-order chi connectivity index (χ1) is 13.7. The Morgan fingerprint density at radius 1 is 1.11 bits per heavy atom. The van der Waals surface area contributed by atoms with Crippen molar-refractivity contribution in [3.63, 3.8) is 0 Å². The second-order valence-corrected chi connectivity index (χ2v) is 6.58. The zero-order chi connectivity index (χ0) is 19.3. The predicted molar refractivity (Wildman–Crippen MR) is 109 cm³/mol. The van der Waals surface area contributed by atoms with Crippen LogP contribution in [0.1, 0.15) is 21.5 Å². The number of hydrogen-bond acceptors (Lipinski definition) is 5. The van der Waals surface area contributed by atoms with Crippen LogP contribution in [0.4, 0.5) is 5.82 Å². The number of nitriles is 1. The smallest absolute Gasteiger partial charge is 0.185 e. The van der Waals surface area contributed by atoms with Crippen molar-refractivity contribution >= 4 is 28.6 Å². The molecule has 1 fully saturated rings. The number of ketones is 1. The van der Waals surface area contributed by atoms with E-state index in [4.69, 9.17) is 15.0 Å². The highest BCUT2D eigenvalue weighted by Gasteiger charge is 2.16. The number of allylic oxidation sites excluding steroid dienone is 1. The van der Waals surface area contributed by atoms with Gasteiger partial charge in [0.05, 0.1) is 30.4 Å². The molecule has 0 atom stereocenters. The summed E-state index contributed by atoms with van der Waals surface area (Å²) >= 11 is 0. The van der Waals surface area contributed by atoms with E-state index in [1.54, 1.807) is 30.3 Å². The third-order valence-corrected chi connectivity index (χ3v) is 4.76. The van der Waals surface area contributed by atoms with E-state index in [1.165, 1.54) is 0 Å². The van der Waals surface area contributed by atoms with Crippen LogP contribution in [0, 0.1) is 11.3 Å². The van der Waals surface area contributed by atoms with Gasteiger partial charge in [0.1, 0.15) is 5.82 Å². The van der Waals surface area contributed by atoms with E-state index >= 15 is 0 Å². The van der Waals surface area contributed by atoms with Crippen LogP contribution in [-0.4, -0.2) is 37.1 Å². The molecule has 1 aliphatic rings. The SMILES string of the molecule is N#Cc1ccc(C(=O)/C=C/c2cc3ccccc3nc2N2CCOCC2)cc1. The van der Waals surface area contributed by atoms with Crippen LogP contribution in [0.15, 0.2) is 60.7 Å². The Hall–Kier alpha value is -3.49. The molecule has 1 aliphatic heterocycles. The fraction of sp³-hybridized carbons (Fsp3) is 0.174. The van der Waals surface area contributed by atoms with E-state index in [0.717, 1.165) is 35.4 Å². The molecule has 138 valence electrons. The molecule has 0 unspecified atom stereocenters. The van der Waals surface area contributed by atoms with Crippen molar-refractivity contribution in [2.45, 2.75) is 0 Å². The summed E-state index contributed by atoms with van der Waals surface area (Å²) in [6, 6.07) is 18.7. The molecule has 2 aromatic carbocycles. The van der Waals surface area contributed by atoms with E-state index in [2.05, 4.69) is 17.0 Å². The Balaban J connectivity index is 1.68. The summed E-state index contributed by atoms with van der Waals surface area (Å²) < 4.78 is 5.46. The lowest BCUT2D eigenvalue weighted by Crippen LogP contribution is -2.37. The number of fused-ring (bicyclic) bond motifs is 1. The van der Waals surface area contributed by atoms with Crippen molar-refractivity contribution in [1.29, 1.82) is 5.26 Å². The molecule has 0 bridgehead atoms. The average molecular weight is 369 g/mol. The van der Waals surface area contributed by atoms with Gasteiger partial charge in [-0.05, 0) is 48.6 Å². The quantitative estimate of drug-likeness (QED) is 0.516. The fourth-order valence-corrected chi connectivity index (χ4v) is 3.24. The minimum absolute atomic E-state index is 0.106. The van der Waals surface area contributed by atoms with Crippen molar-refractivity contribution in [1.82, 2.24) is 4.98 Å². The van der Waals surface area contributed by atoms with Crippen molar-refractivity contribution in [2.24, 2.45) is 0 Å². The molecule has 3 aromatic rings. The standard InChI is InChI=1S/C23H19N3O2/c24-16-17-5-7-18(8-6-17)22(27)10-9-20-15-19-3-1-2-4-21(19)25-23(20)26-11-13-28-14-12-26/h1-10,15H,11-14H2/b10-9+. The average Bonchev–Trinajstić information content (AvgIpc) is 2.77. The largest absolute Gasteiger partial charge is 0.378 e. The summed E-state index contributed by atoms with van der Waals surface area (Å²) in [7, 11) is 0. The first kappa shape index (κ1) is 17.9. The van der Waals surface area contributed by atoms with Crippen LogP contribution in [-0.2, 0) is 4.74 Å². The van der Waals surface area contributed by atoms with Gasteiger partial charge in [-0.3, -0.25) is 4.79 Å². The lowest BCUT2D eigenvalue weighted by molar-refractivity contribution is 0.104. The normalized spacial score (nSPS) is 14.3. The van der Waals surface area contributed by atoms with Crippen molar-refractivity contribution in [3.8, 4) is 6.07 Å². The second kappa shape index (κ2) is 8.03. The Morgan fingerprint density at radius 3 is 2.61 bits per heavy atom. The van der Waals surface area contributed by atoms with Gasteiger partial charge in [0.15, 0.2) is 5.78 Å². The lowest BCUT2D eigenvalue weighted by Gasteiger charge is -2.29. The summed E-state index contributed by atoms with van der Waals surface area (Å²) in [6.07, 6.45) is 3.39. The molecule has 0 spiro atoms. The first-order valence-corrected chi connectivity index (χ1v) is 9.20. The summed E-state index contributed by atoms with van der Waals surface area (Å²) in [5.74, 6) is 0.761. The van der Waals surface area contributed by atoms with Gasteiger partial charge in [-0.1, -0.05) is 18.2 Å². The van der Waals surface area contributed by atoms with Crippen LogP contribution < -0.4 is 4.90 Å². The number of carbonyl (C=O) groups excluding carboxylic acids is 1. The Kier molecular flexibility index (Phi) is 5.14. The second-order valence-electron chi connectivity index (χ2n) is 6.58. The van der Waals surface area contributed by atoms with Gasteiger partial charge in [0.2, 0.25) is 0 Å². The third-order valence-electron chi connectivity index (χ3n) is 4.76. The number of anilines is 1. The van der Waals surface area contributed by atoms with Crippen molar-refractivity contribution < 1.29 is 9.53 Å². The maximum Gasteiger partial charge on any atom is 0.185 e. The highest BCUT2D eigenvalue weighted by molar-refractivity contribution is 6.07. The summed E-state index contributed by atoms with van der Waals surface area (Å²) in [6.45, 7) is 2.88. The molecule has 0 saturated carbocycles. The molecule has 5 nitrogen and oxygen atoms in total. The summed E-state index contributed by atoms with van der Waals surface area (Å²) in [5, 5.41) is 9.92. The number of nitrogens with zero attached hydrogens (tertiary/aromatic N) is 3. The fourth-order valence-electron chi connectivity index (χ4n) is 3.24. The number of aromatic nitrogens is 1.